The van der Waals surface area contributed by atoms with E-state index in [4.69, 9.17) is 4.74 Å². The summed E-state index contributed by atoms with van der Waals surface area (Å²) in [6.07, 6.45) is 0. The van der Waals surface area contributed by atoms with Gasteiger partial charge < -0.3 is 15.0 Å². The van der Waals surface area contributed by atoms with Crippen LogP contribution in [0.15, 0.2) is 12.1 Å². The van der Waals surface area contributed by atoms with Gasteiger partial charge in [0, 0.05) is 19.2 Å². The van der Waals surface area contributed by atoms with Crippen molar-refractivity contribution in [3.05, 3.63) is 28.8 Å². The van der Waals surface area contributed by atoms with E-state index in [-0.39, 0.29) is 5.91 Å². The molecule has 4 nitrogen and oxygen atoms in total. The molecular formula is C14H22N2O2. The van der Waals surface area contributed by atoms with Gasteiger partial charge in [-0.1, -0.05) is 6.07 Å². The molecule has 1 aromatic carbocycles. The number of rotatable bonds is 5. The van der Waals surface area contributed by atoms with Gasteiger partial charge in [-0.05, 0) is 38.1 Å². The van der Waals surface area contributed by atoms with Gasteiger partial charge in [0.05, 0.1) is 13.7 Å². The Morgan fingerprint density at radius 3 is 2.61 bits per heavy atom. The number of nitrogens with one attached hydrogen (secondary N) is 1. The van der Waals surface area contributed by atoms with Crippen molar-refractivity contribution in [3.8, 4) is 5.75 Å². The molecule has 1 aromatic rings. The molecule has 1 N–H and O–H groups in total. The van der Waals surface area contributed by atoms with Crippen molar-refractivity contribution < 1.29 is 9.53 Å². The summed E-state index contributed by atoms with van der Waals surface area (Å²) in [5.74, 6) is 0.913. The lowest BCUT2D eigenvalue weighted by Crippen LogP contribution is -2.34. The van der Waals surface area contributed by atoms with E-state index in [1.165, 1.54) is 0 Å². The molecule has 100 valence electrons. The van der Waals surface area contributed by atoms with E-state index in [2.05, 4.69) is 11.4 Å². The van der Waals surface area contributed by atoms with Gasteiger partial charge in [0.25, 0.3) is 0 Å². The summed E-state index contributed by atoms with van der Waals surface area (Å²) in [5.41, 5.74) is 3.38. The highest BCUT2D eigenvalue weighted by atomic mass is 16.5. The zero-order valence-electron chi connectivity index (χ0n) is 11.8. The Morgan fingerprint density at radius 1 is 1.39 bits per heavy atom. The van der Waals surface area contributed by atoms with Crippen LogP contribution < -0.4 is 10.1 Å². The zero-order valence-corrected chi connectivity index (χ0v) is 11.8. The molecule has 0 aliphatic carbocycles. The number of aryl methyl sites for hydroxylation is 2. The number of hydrogen-bond donors (Lipinski definition) is 1. The summed E-state index contributed by atoms with van der Waals surface area (Å²) < 4.78 is 5.39. The Balaban J connectivity index is 2.93. The number of benzene rings is 1. The summed E-state index contributed by atoms with van der Waals surface area (Å²) in [4.78, 5) is 13.5. The number of ether oxygens (including phenoxy) is 1. The Labute approximate surface area is 109 Å². The summed E-state index contributed by atoms with van der Waals surface area (Å²) in [6, 6.07) is 4.10. The van der Waals surface area contributed by atoms with Crippen LogP contribution in [0.4, 0.5) is 0 Å². The molecule has 0 saturated carbocycles. The lowest BCUT2D eigenvalue weighted by molar-refractivity contribution is -0.129. The van der Waals surface area contributed by atoms with E-state index in [1.807, 2.05) is 19.9 Å². The average Bonchev–Trinajstić information content (AvgIpc) is 2.32. The van der Waals surface area contributed by atoms with E-state index >= 15 is 0 Å². The van der Waals surface area contributed by atoms with E-state index in [9.17, 15) is 4.79 Å². The fourth-order valence-electron chi connectivity index (χ4n) is 1.95. The van der Waals surface area contributed by atoms with Crippen LogP contribution in [0.5, 0.6) is 5.75 Å². The first-order chi connectivity index (χ1) is 8.49. The van der Waals surface area contributed by atoms with Crippen molar-refractivity contribution in [2.24, 2.45) is 0 Å². The van der Waals surface area contributed by atoms with Crippen LogP contribution in [-0.4, -0.2) is 38.6 Å². The predicted molar refractivity (Wildman–Crippen MR) is 72.9 cm³/mol. The third-order valence-electron chi connectivity index (χ3n) is 2.95. The standard InChI is InChI=1S/C14H22N2O2/c1-10-6-11(2)12(13(7-10)18-5)9-16(4)14(17)8-15-3/h6-7,15H,8-9H2,1-5H3. The van der Waals surface area contributed by atoms with Crippen LogP contribution in [0.1, 0.15) is 16.7 Å². The fourth-order valence-corrected chi connectivity index (χ4v) is 1.95. The predicted octanol–water partition coefficient (Wildman–Crippen LogP) is 1.49. The smallest absolute Gasteiger partial charge is 0.236 e. The van der Waals surface area contributed by atoms with Gasteiger partial charge in [0.2, 0.25) is 5.91 Å². The average molecular weight is 250 g/mol. The van der Waals surface area contributed by atoms with Gasteiger partial charge in [0.15, 0.2) is 0 Å². The normalized spacial score (nSPS) is 10.3. The second kappa shape index (κ2) is 6.40. The minimum atomic E-state index is 0.0690. The molecule has 0 bridgehead atoms. The fraction of sp³-hybridized carbons (Fsp3) is 0.500. The molecule has 18 heavy (non-hydrogen) atoms. The van der Waals surface area contributed by atoms with Crippen LogP contribution in [0.2, 0.25) is 0 Å². The quantitative estimate of drug-likeness (QED) is 0.861. The first kappa shape index (κ1) is 14.5. The topological polar surface area (TPSA) is 41.6 Å². The molecule has 1 amide bonds. The second-order valence-electron chi connectivity index (χ2n) is 4.54. The summed E-state index contributed by atoms with van der Waals surface area (Å²) >= 11 is 0. The molecule has 0 fully saturated rings. The van der Waals surface area contributed by atoms with Gasteiger partial charge in [-0.3, -0.25) is 4.79 Å². The first-order valence-electron chi connectivity index (χ1n) is 6.02. The van der Waals surface area contributed by atoms with Crippen LogP contribution in [0.3, 0.4) is 0 Å². The van der Waals surface area contributed by atoms with Crippen molar-refractivity contribution in [1.29, 1.82) is 0 Å². The highest BCUT2D eigenvalue weighted by molar-refractivity contribution is 5.78. The Morgan fingerprint density at radius 2 is 2.06 bits per heavy atom. The molecule has 0 spiro atoms. The Hall–Kier alpha value is -1.55. The SMILES string of the molecule is CNCC(=O)N(C)Cc1c(C)cc(C)cc1OC. The molecule has 0 heterocycles. The lowest BCUT2D eigenvalue weighted by atomic mass is 10.0. The summed E-state index contributed by atoms with van der Waals surface area (Å²) in [7, 11) is 5.23. The van der Waals surface area contributed by atoms with Crippen molar-refractivity contribution >= 4 is 5.91 Å². The number of hydrogen-bond acceptors (Lipinski definition) is 3. The van der Waals surface area contributed by atoms with Gasteiger partial charge in [-0.2, -0.15) is 0 Å². The van der Waals surface area contributed by atoms with E-state index in [0.29, 0.717) is 13.1 Å². The number of nitrogens with zero attached hydrogens (tertiary/aromatic N) is 1. The molecule has 0 saturated heterocycles. The molecule has 0 aromatic heterocycles. The third kappa shape index (κ3) is 3.47. The van der Waals surface area contributed by atoms with Crippen LogP contribution >= 0.6 is 0 Å². The second-order valence-corrected chi connectivity index (χ2v) is 4.54. The van der Waals surface area contributed by atoms with Crippen LogP contribution in [0.25, 0.3) is 0 Å². The van der Waals surface area contributed by atoms with Crippen molar-refractivity contribution in [2.45, 2.75) is 20.4 Å². The summed E-state index contributed by atoms with van der Waals surface area (Å²) in [6.45, 7) is 5.00. The number of methoxy groups -OCH3 is 1. The maximum atomic E-state index is 11.7. The highest BCUT2D eigenvalue weighted by Gasteiger charge is 2.13. The Bertz CT molecular complexity index is 430. The van der Waals surface area contributed by atoms with Crippen molar-refractivity contribution in [3.63, 3.8) is 0 Å². The lowest BCUT2D eigenvalue weighted by Gasteiger charge is -2.20. The third-order valence-corrected chi connectivity index (χ3v) is 2.95. The number of likely N-dealkylation sites (N-methyl/N-ethyl adjacent to an activating group) is 2. The molecule has 0 aliphatic rings. The molecule has 1 rings (SSSR count). The highest BCUT2D eigenvalue weighted by Crippen LogP contribution is 2.25. The summed E-state index contributed by atoms with van der Waals surface area (Å²) in [5, 5.41) is 2.86. The van der Waals surface area contributed by atoms with Gasteiger partial charge in [0.1, 0.15) is 5.75 Å². The van der Waals surface area contributed by atoms with Gasteiger partial charge >= 0.3 is 0 Å². The Kier molecular flexibility index (Phi) is 5.16. The van der Waals surface area contributed by atoms with Gasteiger partial charge in [-0.15, -0.1) is 0 Å². The first-order valence-corrected chi connectivity index (χ1v) is 6.02. The van der Waals surface area contributed by atoms with Crippen molar-refractivity contribution in [2.75, 3.05) is 27.7 Å². The van der Waals surface area contributed by atoms with Crippen LogP contribution in [-0.2, 0) is 11.3 Å². The molecule has 0 aliphatic heterocycles. The molecule has 0 atom stereocenters. The van der Waals surface area contributed by atoms with E-state index in [0.717, 1.165) is 22.4 Å². The molecule has 0 unspecified atom stereocenters. The van der Waals surface area contributed by atoms with E-state index < -0.39 is 0 Å². The van der Waals surface area contributed by atoms with Gasteiger partial charge in [-0.25, -0.2) is 0 Å². The van der Waals surface area contributed by atoms with Crippen molar-refractivity contribution in [1.82, 2.24) is 10.2 Å². The largest absolute Gasteiger partial charge is 0.496 e. The minimum Gasteiger partial charge on any atom is -0.496 e. The van der Waals surface area contributed by atoms with Crippen LogP contribution in [0, 0.1) is 13.8 Å². The number of carbonyl (C=O) groups is 1. The number of carbonyl (C=O) groups excluding carboxylic acids is 1. The van der Waals surface area contributed by atoms with E-state index in [1.54, 1.807) is 26.1 Å². The number of amides is 1. The molecular weight excluding hydrogens is 228 g/mol. The molecule has 0 radical (unpaired) electrons. The minimum absolute atomic E-state index is 0.0690. The molecule has 4 heteroatoms. The monoisotopic (exact) mass is 250 g/mol. The maximum Gasteiger partial charge on any atom is 0.236 e. The zero-order chi connectivity index (χ0) is 13.7. The maximum absolute atomic E-state index is 11.7.